The fourth-order valence-electron chi connectivity index (χ4n) is 10.2. The third-order valence-corrected chi connectivity index (χ3v) is 25.2. The normalized spacial score (nSPS) is 15.9. The van der Waals surface area contributed by atoms with E-state index in [4.69, 9.17) is 44.8 Å². The summed E-state index contributed by atoms with van der Waals surface area (Å²) in [4.78, 5) is 54.5. The molecule has 0 saturated carbocycles. The fraction of sp³-hybridized carbons (Fsp3) is 0.344. The minimum Gasteiger partial charge on any atom is -0.508 e. The van der Waals surface area contributed by atoms with Crippen molar-refractivity contribution in [3.63, 3.8) is 0 Å². The van der Waals surface area contributed by atoms with Crippen LogP contribution in [0.1, 0.15) is 106 Å². The van der Waals surface area contributed by atoms with E-state index in [-0.39, 0.29) is 36.7 Å². The average molecular weight is 1320 g/mol. The second kappa shape index (κ2) is 30.2. The maximum absolute atomic E-state index is 13.0. The van der Waals surface area contributed by atoms with Crippen molar-refractivity contribution in [2.75, 3.05) is 75.8 Å². The highest BCUT2D eigenvalue weighted by Crippen LogP contribution is 2.58. The molecule has 4 aliphatic rings. The Morgan fingerprint density at radius 2 is 1.08 bits per heavy atom. The lowest BCUT2D eigenvalue weighted by Gasteiger charge is -2.37. The molecule has 4 heterocycles. The van der Waals surface area contributed by atoms with Gasteiger partial charge in [-0.05, 0) is 101 Å². The number of fused-ring (bicyclic) bond motifs is 12. The number of nitrogens with zero attached hydrogens (tertiary/aromatic N) is 2. The monoisotopic (exact) mass is 1320 g/mol. The van der Waals surface area contributed by atoms with Crippen molar-refractivity contribution in [2.24, 2.45) is 0 Å². The third-order valence-electron chi connectivity index (χ3n) is 13.8. The molecule has 10 rings (SSSR count). The van der Waals surface area contributed by atoms with Crippen LogP contribution in [0, 0.1) is 6.92 Å². The Labute approximate surface area is 527 Å². The summed E-state index contributed by atoms with van der Waals surface area (Å²) >= 11 is 14.9. The van der Waals surface area contributed by atoms with Crippen LogP contribution >= 0.6 is 11.6 Å². The molecular formula is C61H64ClN3O12S8. The fourth-order valence-corrected chi connectivity index (χ4v) is 21.4. The molecule has 0 aromatic heterocycles. The first-order chi connectivity index (χ1) is 40.9. The van der Waals surface area contributed by atoms with Crippen LogP contribution in [0.5, 0.6) is 28.7 Å². The van der Waals surface area contributed by atoms with Gasteiger partial charge in [0.05, 0.1) is 37.5 Å². The number of carbonyl (C=O) groups excluding carboxylic acids is 4. The number of anilines is 2. The van der Waals surface area contributed by atoms with Crippen molar-refractivity contribution in [1.82, 2.24) is 5.32 Å². The number of alkyl halides is 1. The quantitative estimate of drug-likeness (QED) is 0.0360. The highest BCUT2D eigenvalue weighted by Gasteiger charge is 2.55. The molecule has 0 saturated heterocycles. The van der Waals surface area contributed by atoms with Crippen LogP contribution in [-0.2, 0) is 120 Å². The van der Waals surface area contributed by atoms with E-state index in [9.17, 15) is 24.3 Å². The van der Waals surface area contributed by atoms with Crippen LogP contribution < -0.4 is 24.6 Å². The zero-order chi connectivity index (χ0) is 60.7. The molecule has 2 spiro atoms. The van der Waals surface area contributed by atoms with Crippen molar-refractivity contribution in [1.29, 1.82) is 0 Å². The van der Waals surface area contributed by atoms with Crippen LogP contribution in [-0.4, -0.2) is 101 Å². The van der Waals surface area contributed by atoms with Crippen LogP contribution in [0.4, 0.5) is 11.4 Å². The maximum atomic E-state index is 13.0. The average Bonchev–Trinajstić information content (AvgIpc) is 1.71. The molecule has 2 N–H and O–H groups in total. The predicted molar refractivity (Wildman–Crippen MR) is 351 cm³/mol. The molecule has 0 radical (unpaired) electrons. The first kappa shape index (κ1) is 65.2. The van der Waals surface area contributed by atoms with E-state index < -0.39 is 22.8 Å². The summed E-state index contributed by atoms with van der Waals surface area (Å²) in [5.41, 5.74) is 5.07. The highest BCUT2D eigenvalue weighted by molar-refractivity contribution is 8.70. The van der Waals surface area contributed by atoms with Gasteiger partial charge in [-0.1, -0.05) is 61.4 Å². The molecule has 1 amide bonds. The number of rotatable bonds is 18. The molecule has 6 aromatic carbocycles. The largest absolute Gasteiger partial charge is 0.508 e. The number of hydrogen-bond donors (Lipinski definition) is 2. The summed E-state index contributed by atoms with van der Waals surface area (Å²) in [5.74, 6) is 1.58. The molecule has 2 atom stereocenters. The van der Waals surface area contributed by atoms with Crippen LogP contribution in [0.3, 0.4) is 0 Å². The molecule has 0 bridgehead atoms. The van der Waals surface area contributed by atoms with Crippen LogP contribution in [0.15, 0.2) is 121 Å². The topological polar surface area (TPSA) is 172 Å². The summed E-state index contributed by atoms with van der Waals surface area (Å²) in [6.07, 6.45) is 4.32. The molecule has 6 aromatic rings. The number of nitrogens with one attached hydrogen (secondary N) is 1. The second-order valence-electron chi connectivity index (χ2n) is 20.9. The number of likely N-dealkylation sites (N-methyl/N-ethyl adjacent to an activating group) is 2. The molecule has 15 nitrogen and oxygen atoms in total. The number of phenolic OH excluding ortho intramolecular Hbond substituents is 1. The number of aromatic hydroxyl groups is 1. The Kier molecular flexibility index (Phi) is 23.1. The Bertz CT molecular complexity index is 3730. The predicted octanol–water partition coefficient (Wildman–Crippen LogP) is 10.7. The lowest BCUT2D eigenvalue weighted by Crippen LogP contribution is -2.37. The zero-order valence-electron chi connectivity index (χ0n) is 47.5. The Morgan fingerprint density at radius 3 is 1.62 bits per heavy atom. The van der Waals surface area contributed by atoms with Crippen molar-refractivity contribution >= 4 is 122 Å². The number of carbonyl (C=O) groups is 4. The third kappa shape index (κ3) is 15.7. The van der Waals surface area contributed by atoms with Crippen molar-refractivity contribution in [3.05, 3.63) is 171 Å². The molecular weight excluding hydrogens is 1260 g/mol. The van der Waals surface area contributed by atoms with Gasteiger partial charge in [0.1, 0.15) is 40.9 Å². The zero-order valence-corrected chi connectivity index (χ0v) is 54.8. The van der Waals surface area contributed by atoms with Gasteiger partial charge in [-0.3, -0.25) is 9.59 Å². The van der Waals surface area contributed by atoms with Crippen molar-refractivity contribution < 1.29 is 57.4 Å². The first-order valence-corrected chi connectivity index (χ1v) is 36.9. The van der Waals surface area contributed by atoms with Gasteiger partial charge in [0, 0.05) is 172 Å². The lowest BCUT2D eigenvalue weighted by atomic mass is 9.77. The standard InChI is InChI=1S/C33H37ClN2O7.C28H27NO5.S8/c1-36(22-31(38)35-15-17-41-19-18-40-16-7-3-2-6-14-34)23-10-12-27-29(20-23)42-30-21-24(37)11-13-28(30)33(27)26-9-5-4-8-25(26)32(39)43-33;1-17-10-12-21-23(14-17)32-24-15-18(29(5)16-25(30)33-27(2,3)4)11-13-22(24)28(21)20-9-7-6-8-19(20)26(31)34-28;1-3-5-7-8-6-4-2/h4-5,8-13,20-21,37H,2-3,6-7,14-19,22H2,1H3,(H,35,38);6-15H,16H2,1-5H3;. The van der Waals surface area contributed by atoms with E-state index in [0.29, 0.717) is 83.1 Å². The van der Waals surface area contributed by atoms with Crippen LogP contribution in [0.25, 0.3) is 0 Å². The summed E-state index contributed by atoms with van der Waals surface area (Å²) in [7, 11) is 12.8. The first-order valence-electron chi connectivity index (χ1n) is 27.1. The number of esters is 3. The van der Waals surface area contributed by atoms with Gasteiger partial charge in [0.15, 0.2) is 11.2 Å². The number of halogens is 1. The number of amides is 1. The highest BCUT2D eigenvalue weighted by atomic mass is 35.5. The Morgan fingerprint density at radius 1 is 0.600 bits per heavy atom. The maximum Gasteiger partial charge on any atom is 0.340 e. The van der Waals surface area contributed by atoms with Gasteiger partial charge in [0.2, 0.25) is 5.91 Å². The van der Waals surface area contributed by atoms with Crippen LogP contribution in [0.2, 0.25) is 0 Å². The van der Waals surface area contributed by atoms with Gasteiger partial charge in [-0.2, -0.15) is 0 Å². The van der Waals surface area contributed by atoms with Gasteiger partial charge >= 0.3 is 17.9 Å². The van der Waals surface area contributed by atoms with Crippen molar-refractivity contribution in [2.45, 2.75) is 70.2 Å². The number of ether oxygens (including phenoxy) is 7. The van der Waals surface area contributed by atoms with Gasteiger partial charge in [0.25, 0.3) is 0 Å². The van der Waals surface area contributed by atoms with E-state index in [2.05, 4.69) is 27.7 Å². The van der Waals surface area contributed by atoms with Crippen molar-refractivity contribution in [3.8, 4) is 28.7 Å². The number of benzene rings is 6. The van der Waals surface area contributed by atoms with E-state index in [0.717, 1.165) is 65.9 Å². The SMILES string of the molecule is CN(CC(=O)NCCOCCOCCCCCCCl)c1ccc2c(c1)Oc1cc(O)ccc1C21OC(=O)c2ccccc21.Cc1ccc2c(c1)Oc1cc(N(C)CC(=O)OC(C)(C)C)ccc1C21OC(=O)c2ccccc21.S=S=S=S=S=S=S=S. The Hall–Kier alpha value is -5.83. The minimum atomic E-state index is -1.21. The summed E-state index contributed by atoms with van der Waals surface area (Å²) in [6.45, 7) is 10.3. The number of aryl methyl sites for hydroxylation is 1. The number of phenols is 1. The van der Waals surface area contributed by atoms with E-state index in [1.807, 2.05) is 132 Å². The Balaban J connectivity index is 0.000000200. The molecule has 4 aliphatic heterocycles. The molecule has 2 unspecified atom stereocenters. The molecule has 450 valence electrons. The molecule has 24 heteroatoms. The second-order valence-corrected chi connectivity index (χ2v) is 31.9. The van der Waals surface area contributed by atoms with Gasteiger partial charge in [-0.25, -0.2) is 9.59 Å². The van der Waals surface area contributed by atoms with Gasteiger partial charge in [-0.15, -0.1) is 11.6 Å². The van der Waals surface area contributed by atoms with E-state index in [1.54, 1.807) is 70.8 Å². The molecule has 0 aliphatic carbocycles. The molecule has 0 fully saturated rings. The number of hydrogen-bond acceptors (Lipinski definition) is 16. The van der Waals surface area contributed by atoms with E-state index >= 15 is 0 Å². The summed E-state index contributed by atoms with van der Waals surface area (Å²) in [6, 6.07) is 36.7. The molecule has 85 heavy (non-hydrogen) atoms. The summed E-state index contributed by atoms with van der Waals surface area (Å²) in [5, 5.41) is 13.1. The summed E-state index contributed by atoms with van der Waals surface area (Å²) < 4.78 is 41.4. The van der Waals surface area contributed by atoms with Gasteiger partial charge < -0.3 is 53.4 Å². The smallest absolute Gasteiger partial charge is 0.340 e. The minimum absolute atomic E-state index is 0.0326. The van der Waals surface area contributed by atoms with E-state index in [1.165, 1.54) is 23.8 Å². The lowest BCUT2D eigenvalue weighted by molar-refractivity contribution is -0.152. The number of unbranched alkanes of at least 4 members (excludes halogenated alkanes) is 3.